The van der Waals surface area contributed by atoms with Crippen molar-refractivity contribution < 1.29 is 21.4 Å². The van der Waals surface area contributed by atoms with Gasteiger partial charge in [-0.15, -0.1) is 0 Å². The molecule has 0 unspecified atom stereocenters. The van der Waals surface area contributed by atoms with Crippen molar-refractivity contribution in [1.82, 2.24) is 0 Å². The van der Waals surface area contributed by atoms with Crippen LogP contribution in [0, 0.1) is 12.8 Å². The third kappa shape index (κ3) is 2.50. The van der Waals surface area contributed by atoms with Gasteiger partial charge in [0, 0.05) is 5.39 Å². The monoisotopic (exact) mass is 276 g/mol. The number of fused-ring (bicyclic) bond motifs is 1. The molecule has 1 heterocycles. The highest BCUT2D eigenvalue weighted by atomic mass is 16.5. The number of carbonyl (C=O) groups excluding carboxylic acids is 1. The topological polar surface area (TPSA) is 48.7 Å². The van der Waals surface area contributed by atoms with Crippen LogP contribution in [-0.2, 0) is 4.74 Å². The molecule has 1 aromatic heterocycles. The largest absolute Gasteiger partial charge is 0.493 e. The second-order valence-electron chi connectivity index (χ2n) is 4.91. The summed E-state index contributed by atoms with van der Waals surface area (Å²) in [4.78, 5) is 12.1. The van der Waals surface area contributed by atoms with E-state index < -0.39 is 12.5 Å². The van der Waals surface area contributed by atoms with Crippen molar-refractivity contribution in [3.8, 4) is 5.75 Å². The van der Waals surface area contributed by atoms with Crippen molar-refractivity contribution in [2.75, 3.05) is 13.2 Å². The van der Waals surface area contributed by atoms with Crippen LogP contribution in [0.25, 0.3) is 11.0 Å². The standard InChI is InChI=1S/C16H18O4/c1-3-18-16(17)15-10(2)20-14-7-6-12(8-13(14)15)19-9-11-4-5-11/h6-8,11H,3-5,9H2,1-2H3/i9D2. The number of hydrogen-bond donors (Lipinski definition) is 0. The molecule has 0 aliphatic heterocycles. The highest BCUT2D eigenvalue weighted by Gasteiger charge is 2.23. The van der Waals surface area contributed by atoms with E-state index in [1.807, 2.05) is 0 Å². The zero-order valence-electron chi connectivity index (χ0n) is 13.6. The van der Waals surface area contributed by atoms with E-state index in [4.69, 9.17) is 16.6 Å². The Labute approximate surface area is 120 Å². The number of ether oxygens (including phenoxy) is 2. The molecule has 2 aromatic rings. The Morgan fingerprint density at radius 1 is 1.50 bits per heavy atom. The number of carbonyl (C=O) groups is 1. The number of furan rings is 1. The van der Waals surface area contributed by atoms with Crippen LogP contribution in [0.5, 0.6) is 5.75 Å². The van der Waals surface area contributed by atoms with Gasteiger partial charge in [-0.25, -0.2) is 4.79 Å². The Morgan fingerprint density at radius 3 is 3.00 bits per heavy atom. The van der Waals surface area contributed by atoms with E-state index in [2.05, 4.69) is 0 Å². The highest BCUT2D eigenvalue weighted by molar-refractivity contribution is 6.04. The van der Waals surface area contributed by atoms with Gasteiger partial charge in [-0.2, -0.15) is 0 Å². The summed E-state index contributed by atoms with van der Waals surface area (Å²) in [7, 11) is 0. The second-order valence-corrected chi connectivity index (χ2v) is 4.91. The van der Waals surface area contributed by atoms with Crippen molar-refractivity contribution in [2.24, 2.45) is 5.92 Å². The van der Waals surface area contributed by atoms with Crippen molar-refractivity contribution in [2.45, 2.75) is 26.7 Å². The van der Waals surface area contributed by atoms with Crippen LogP contribution in [0.2, 0.25) is 0 Å². The number of esters is 1. The maximum Gasteiger partial charge on any atom is 0.342 e. The van der Waals surface area contributed by atoms with Gasteiger partial charge in [0.05, 0.1) is 15.9 Å². The molecule has 0 radical (unpaired) electrons. The molecule has 4 heteroatoms. The first-order valence-electron chi connectivity index (χ1n) is 7.81. The lowest BCUT2D eigenvalue weighted by atomic mass is 10.1. The van der Waals surface area contributed by atoms with Gasteiger partial charge in [0.25, 0.3) is 0 Å². The smallest absolute Gasteiger partial charge is 0.342 e. The van der Waals surface area contributed by atoms with Gasteiger partial charge in [0.15, 0.2) is 0 Å². The molecule has 1 aliphatic carbocycles. The van der Waals surface area contributed by atoms with Crippen LogP contribution in [0.15, 0.2) is 22.6 Å². The van der Waals surface area contributed by atoms with Gasteiger partial charge in [-0.05, 0) is 50.8 Å². The zero-order chi connectivity index (χ0) is 15.9. The molecular formula is C16H18O4. The SMILES string of the molecule is [2H]C([2H])(Oc1ccc2oc(C)c(C(=O)OCC)c2c1)C1CC1. The van der Waals surface area contributed by atoms with E-state index in [1.165, 1.54) is 0 Å². The molecule has 1 saturated carbocycles. The Hall–Kier alpha value is -1.97. The lowest BCUT2D eigenvalue weighted by Gasteiger charge is -2.05. The van der Waals surface area contributed by atoms with Crippen molar-refractivity contribution in [3.05, 3.63) is 29.5 Å². The van der Waals surface area contributed by atoms with E-state index in [1.54, 1.807) is 32.0 Å². The van der Waals surface area contributed by atoms with E-state index in [0.717, 1.165) is 12.8 Å². The summed E-state index contributed by atoms with van der Waals surface area (Å²) in [6.07, 6.45) is 1.68. The van der Waals surface area contributed by atoms with E-state index in [0.29, 0.717) is 28.0 Å². The minimum atomic E-state index is -1.68. The molecule has 0 amide bonds. The van der Waals surface area contributed by atoms with E-state index in [-0.39, 0.29) is 12.5 Å². The summed E-state index contributed by atoms with van der Waals surface area (Å²) in [5, 5.41) is 0.583. The molecule has 1 aromatic carbocycles. The molecule has 20 heavy (non-hydrogen) atoms. The third-order valence-corrected chi connectivity index (χ3v) is 3.24. The second kappa shape index (κ2) is 5.19. The van der Waals surface area contributed by atoms with Gasteiger partial charge >= 0.3 is 5.97 Å². The average molecular weight is 276 g/mol. The molecule has 0 N–H and O–H groups in total. The maximum absolute atomic E-state index is 12.1. The number of hydrogen-bond acceptors (Lipinski definition) is 4. The van der Waals surface area contributed by atoms with Gasteiger partial charge in [0.2, 0.25) is 0 Å². The summed E-state index contributed by atoms with van der Waals surface area (Å²) >= 11 is 0. The van der Waals surface area contributed by atoms with Crippen LogP contribution >= 0.6 is 0 Å². The summed E-state index contributed by atoms with van der Waals surface area (Å²) in [5.74, 6) is 0.367. The van der Waals surface area contributed by atoms with Gasteiger partial charge < -0.3 is 13.9 Å². The fraction of sp³-hybridized carbons (Fsp3) is 0.438. The molecule has 4 nitrogen and oxygen atoms in total. The van der Waals surface area contributed by atoms with Crippen LogP contribution in [0.3, 0.4) is 0 Å². The fourth-order valence-electron chi connectivity index (χ4n) is 2.07. The van der Waals surface area contributed by atoms with Crippen LogP contribution in [0.1, 0.15) is 38.6 Å². The maximum atomic E-state index is 12.1. The van der Waals surface area contributed by atoms with E-state index >= 15 is 0 Å². The van der Waals surface area contributed by atoms with E-state index in [9.17, 15) is 4.79 Å². The van der Waals surface area contributed by atoms with Crippen LogP contribution < -0.4 is 4.74 Å². The molecule has 0 atom stereocenters. The highest BCUT2D eigenvalue weighted by Crippen LogP contribution is 2.32. The van der Waals surface area contributed by atoms with Crippen LogP contribution in [0.4, 0.5) is 0 Å². The lowest BCUT2D eigenvalue weighted by molar-refractivity contribution is 0.0526. The minimum absolute atomic E-state index is 0.0567. The first-order chi connectivity index (χ1) is 10.4. The van der Waals surface area contributed by atoms with Crippen molar-refractivity contribution in [1.29, 1.82) is 0 Å². The molecule has 0 bridgehead atoms. The van der Waals surface area contributed by atoms with Crippen molar-refractivity contribution in [3.63, 3.8) is 0 Å². The Kier molecular flexibility index (Phi) is 2.80. The predicted molar refractivity (Wildman–Crippen MR) is 75.1 cm³/mol. The normalized spacial score (nSPS) is 16.7. The summed E-state index contributed by atoms with van der Waals surface area (Å²) < 4.78 is 31.9. The minimum Gasteiger partial charge on any atom is -0.493 e. The fourth-order valence-corrected chi connectivity index (χ4v) is 2.07. The van der Waals surface area contributed by atoms with Gasteiger partial charge in [-0.1, -0.05) is 0 Å². The summed E-state index contributed by atoms with van der Waals surface area (Å²) in [6.45, 7) is 2.05. The molecule has 1 aliphatic rings. The van der Waals surface area contributed by atoms with Crippen LogP contribution in [-0.4, -0.2) is 19.1 Å². The molecule has 106 valence electrons. The quantitative estimate of drug-likeness (QED) is 0.781. The third-order valence-electron chi connectivity index (χ3n) is 3.24. The molecule has 1 fully saturated rings. The number of benzene rings is 1. The first-order valence-corrected chi connectivity index (χ1v) is 6.81. The predicted octanol–water partition coefficient (Wildman–Crippen LogP) is 3.71. The molecular weight excluding hydrogens is 256 g/mol. The Morgan fingerprint density at radius 2 is 2.30 bits per heavy atom. The van der Waals surface area contributed by atoms with Gasteiger partial charge in [0.1, 0.15) is 22.7 Å². The summed E-state index contributed by atoms with van der Waals surface area (Å²) in [6, 6.07) is 4.97. The van der Waals surface area contributed by atoms with Gasteiger partial charge in [-0.3, -0.25) is 0 Å². The number of rotatable bonds is 5. The number of aryl methyl sites for hydroxylation is 1. The first kappa shape index (κ1) is 10.8. The average Bonchev–Trinajstić information content (AvgIpc) is 3.23. The molecule has 3 rings (SSSR count). The van der Waals surface area contributed by atoms with Crippen molar-refractivity contribution >= 4 is 16.9 Å². The molecule has 0 spiro atoms. The lowest BCUT2D eigenvalue weighted by Crippen LogP contribution is -2.05. The Balaban J connectivity index is 1.97. The Bertz CT molecular complexity index is 716. The summed E-state index contributed by atoms with van der Waals surface area (Å²) in [5.41, 5.74) is 0.925. The molecule has 0 saturated heterocycles. The zero-order valence-corrected chi connectivity index (χ0v) is 11.6.